The van der Waals surface area contributed by atoms with Crippen molar-refractivity contribution >= 4 is 0 Å². The molecule has 1 N–H and O–H groups in total. The van der Waals surface area contributed by atoms with Gasteiger partial charge in [0.15, 0.2) is 0 Å². The van der Waals surface area contributed by atoms with Crippen molar-refractivity contribution in [2.45, 2.75) is 32.7 Å². The van der Waals surface area contributed by atoms with Gasteiger partial charge < -0.3 is 5.32 Å². The van der Waals surface area contributed by atoms with Crippen LogP contribution in [0.2, 0.25) is 0 Å². The molecule has 1 saturated heterocycles. The number of aryl methyl sites for hydroxylation is 2. The number of nitrogens with one attached hydrogen (secondary N) is 1. The summed E-state index contributed by atoms with van der Waals surface area (Å²) in [6.45, 7) is 5.76. The molecule has 15 heavy (non-hydrogen) atoms. The minimum atomic E-state index is 0.0897. The van der Waals surface area contributed by atoms with Gasteiger partial charge in [0.05, 0.1) is 0 Å². The lowest BCUT2D eigenvalue weighted by Gasteiger charge is -2.25. The molecular formula is C11H17N3O. The maximum atomic E-state index is 11.9. The highest BCUT2D eigenvalue weighted by Gasteiger charge is 2.17. The lowest BCUT2D eigenvalue weighted by molar-refractivity contribution is 0.351. The van der Waals surface area contributed by atoms with Crippen LogP contribution in [-0.4, -0.2) is 22.6 Å². The summed E-state index contributed by atoms with van der Waals surface area (Å²) in [6.07, 6.45) is 2.04. The molecule has 0 unspecified atom stereocenters. The molecule has 2 heterocycles. The molecule has 1 aromatic heterocycles. The Morgan fingerprint density at radius 1 is 1.40 bits per heavy atom. The Morgan fingerprint density at radius 3 is 2.67 bits per heavy atom. The largest absolute Gasteiger partial charge is 0.317 e. The Morgan fingerprint density at radius 2 is 2.07 bits per heavy atom. The van der Waals surface area contributed by atoms with E-state index in [-0.39, 0.29) is 5.56 Å². The Balaban J connectivity index is 2.38. The second-order valence-electron chi connectivity index (χ2n) is 4.13. The molecule has 2 rings (SSSR count). The third kappa shape index (κ3) is 2.09. The summed E-state index contributed by atoms with van der Waals surface area (Å²) in [4.78, 5) is 16.2. The SMILES string of the molecule is Cc1cc(=O)n(C2CCNCC2)c(C)n1. The van der Waals surface area contributed by atoms with E-state index < -0.39 is 0 Å². The van der Waals surface area contributed by atoms with Gasteiger partial charge in [0.2, 0.25) is 0 Å². The van der Waals surface area contributed by atoms with Crippen molar-refractivity contribution in [2.75, 3.05) is 13.1 Å². The zero-order valence-corrected chi connectivity index (χ0v) is 9.29. The average Bonchev–Trinajstić information content (AvgIpc) is 2.17. The van der Waals surface area contributed by atoms with Crippen molar-refractivity contribution in [1.29, 1.82) is 0 Å². The van der Waals surface area contributed by atoms with Crippen LogP contribution in [0.25, 0.3) is 0 Å². The van der Waals surface area contributed by atoms with Crippen LogP contribution in [-0.2, 0) is 0 Å². The number of rotatable bonds is 1. The summed E-state index contributed by atoms with van der Waals surface area (Å²) in [5.41, 5.74) is 0.898. The Labute approximate surface area is 89.3 Å². The van der Waals surface area contributed by atoms with E-state index in [9.17, 15) is 4.79 Å². The van der Waals surface area contributed by atoms with E-state index in [2.05, 4.69) is 10.3 Å². The molecule has 1 fully saturated rings. The highest BCUT2D eigenvalue weighted by molar-refractivity contribution is 5.03. The van der Waals surface area contributed by atoms with Crippen LogP contribution in [0.1, 0.15) is 30.4 Å². The van der Waals surface area contributed by atoms with E-state index in [4.69, 9.17) is 0 Å². The van der Waals surface area contributed by atoms with Crippen LogP contribution >= 0.6 is 0 Å². The highest BCUT2D eigenvalue weighted by atomic mass is 16.1. The third-order valence-corrected chi connectivity index (χ3v) is 2.93. The molecular weight excluding hydrogens is 190 g/mol. The molecule has 0 amide bonds. The predicted octanol–water partition coefficient (Wildman–Crippen LogP) is 0.785. The van der Waals surface area contributed by atoms with Crippen molar-refractivity contribution in [2.24, 2.45) is 0 Å². The quantitative estimate of drug-likeness (QED) is 0.740. The molecule has 0 aliphatic carbocycles. The predicted molar refractivity (Wildman–Crippen MR) is 59.1 cm³/mol. The van der Waals surface area contributed by atoms with Gasteiger partial charge in [-0.2, -0.15) is 0 Å². The van der Waals surface area contributed by atoms with Gasteiger partial charge >= 0.3 is 0 Å². The van der Waals surface area contributed by atoms with E-state index in [1.807, 2.05) is 18.4 Å². The van der Waals surface area contributed by atoms with Crippen molar-refractivity contribution in [3.05, 3.63) is 27.9 Å². The molecule has 1 aliphatic heterocycles. The van der Waals surface area contributed by atoms with Gasteiger partial charge in [0, 0.05) is 17.8 Å². The molecule has 4 nitrogen and oxygen atoms in total. The Hall–Kier alpha value is -1.16. The van der Waals surface area contributed by atoms with Crippen LogP contribution in [0.5, 0.6) is 0 Å². The maximum Gasteiger partial charge on any atom is 0.253 e. The van der Waals surface area contributed by atoms with Crippen molar-refractivity contribution < 1.29 is 0 Å². The molecule has 1 aliphatic rings. The number of nitrogens with zero attached hydrogens (tertiary/aromatic N) is 2. The van der Waals surface area contributed by atoms with Crippen LogP contribution in [0, 0.1) is 13.8 Å². The first-order chi connectivity index (χ1) is 7.18. The number of aromatic nitrogens is 2. The number of piperidine rings is 1. The number of hydrogen-bond acceptors (Lipinski definition) is 3. The van der Waals surface area contributed by atoms with E-state index in [1.165, 1.54) is 0 Å². The summed E-state index contributed by atoms with van der Waals surface area (Å²) in [7, 11) is 0. The second kappa shape index (κ2) is 4.14. The van der Waals surface area contributed by atoms with E-state index in [0.717, 1.165) is 37.4 Å². The summed E-state index contributed by atoms with van der Waals surface area (Å²) < 4.78 is 1.84. The maximum absolute atomic E-state index is 11.9. The average molecular weight is 207 g/mol. The highest BCUT2D eigenvalue weighted by Crippen LogP contribution is 2.17. The van der Waals surface area contributed by atoms with Gasteiger partial charge in [-0.05, 0) is 39.8 Å². The second-order valence-corrected chi connectivity index (χ2v) is 4.13. The Bertz CT molecular complexity index is 405. The zero-order valence-electron chi connectivity index (χ0n) is 9.29. The van der Waals surface area contributed by atoms with Crippen molar-refractivity contribution in [3.8, 4) is 0 Å². The molecule has 0 spiro atoms. The molecule has 82 valence electrons. The molecule has 0 radical (unpaired) electrons. The van der Waals surface area contributed by atoms with Gasteiger partial charge in [-0.1, -0.05) is 0 Å². The summed E-state index contributed by atoms with van der Waals surface area (Å²) in [5, 5.41) is 3.30. The third-order valence-electron chi connectivity index (χ3n) is 2.93. The van der Waals surface area contributed by atoms with Crippen molar-refractivity contribution in [3.63, 3.8) is 0 Å². The first-order valence-electron chi connectivity index (χ1n) is 5.46. The van der Waals surface area contributed by atoms with Crippen LogP contribution in [0.4, 0.5) is 0 Å². The standard InChI is InChI=1S/C11H17N3O/c1-8-7-11(15)14(9(2)13-8)10-3-5-12-6-4-10/h7,10,12H,3-6H2,1-2H3. The fraction of sp³-hybridized carbons (Fsp3) is 0.636. The topological polar surface area (TPSA) is 46.9 Å². The molecule has 4 heteroatoms. The van der Waals surface area contributed by atoms with Crippen LogP contribution < -0.4 is 10.9 Å². The van der Waals surface area contributed by atoms with Gasteiger partial charge in [0.1, 0.15) is 5.82 Å². The van der Waals surface area contributed by atoms with Crippen molar-refractivity contribution in [1.82, 2.24) is 14.9 Å². The lowest BCUT2D eigenvalue weighted by atomic mass is 10.1. The molecule has 0 aromatic carbocycles. The monoisotopic (exact) mass is 207 g/mol. The van der Waals surface area contributed by atoms with E-state index >= 15 is 0 Å². The zero-order chi connectivity index (χ0) is 10.8. The normalized spacial score (nSPS) is 18.0. The molecule has 0 bridgehead atoms. The summed E-state index contributed by atoms with van der Waals surface area (Å²) >= 11 is 0. The minimum Gasteiger partial charge on any atom is -0.317 e. The van der Waals surface area contributed by atoms with Crippen LogP contribution in [0.15, 0.2) is 10.9 Å². The minimum absolute atomic E-state index is 0.0897. The van der Waals surface area contributed by atoms with Gasteiger partial charge in [-0.25, -0.2) is 4.98 Å². The fourth-order valence-electron chi connectivity index (χ4n) is 2.26. The van der Waals surface area contributed by atoms with Crippen LogP contribution in [0.3, 0.4) is 0 Å². The first kappa shape index (κ1) is 10.4. The van der Waals surface area contributed by atoms with Gasteiger partial charge in [-0.3, -0.25) is 9.36 Å². The van der Waals surface area contributed by atoms with E-state index in [1.54, 1.807) is 6.07 Å². The summed E-state index contributed by atoms with van der Waals surface area (Å²) in [6, 6.07) is 1.95. The van der Waals surface area contributed by atoms with E-state index in [0.29, 0.717) is 6.04 Å². The lowest BCUT2D eigenvalue weighted by Crippen LogP contribution is -2.35. The Kier molecular flexibility index (Phi) is 2.86. The smallest absolute Gasteiger partial charge is 0.253 e. The fourth-order valence-corrected chi connectivity index (χ4v) is 2.26. The molecule has 0 saturated carbocycles. The van der Waals surface area contributed by atoms with Gasteiger partial charge in [-0.15, -0.1) is 0 Å². The molecule has 0 atom stereocenters. The molecule has 1 aromatic rings. The number of hydrogen-bond donors (Lipinski definition) is 1. The van der Waals surface area contributed by atoms with Gasteiger partial charge in [0.25, 0.3) is 5.56 Å². The first-order valence-corrected chi connectivity index (χ1v) is 5.46. The summed E-state index contributed by atoms with van der Waals surface area (Å²) in [5.74, 6) is 0.840.